The number of benzene rings is 2. The zero-order valence-corrected chi connectivity index (χ0v) is 13.9. The molecule has 1 N–H and O–H groups in total. The van der Waals surface area contributed by atoms with Gasteiger partial charge in [0.1, 0.15) is 30.2 Å². The Balaban J connectivity index is 1.68. The Morgan fingerprint density at radius 1 is 1.17 bits per heavy atom. The molecule has 8 heteroatoms. The summed E-state index contributed by atoms with van der Waals surface area (Å²) in [5.74, 6) is -1.63. The van der Waals surface area contributed by atoms with Crippen molar-refractivity contribution in [3.63, 3.8) is 0 Å². The first-order valence-electron chi connectivity index (χ1n) is 6.84. The van der Waals surface area contributed by atoms with Crippen LogP contribution in [0.1, 0.15) is 0 Å². The van der Waals surface area contributed by atoms with Gasteiger partial charge in [-0.05, 0) is 36.4 Å². The Labute approximate surface area is 145 Å². The number of amides is 1. The molecule has 0 heterocycles. The van der Waals surface area contributed by atoms with Crippen LogP contribution in [0.25, 0.3) is 0 Å². The van der Waals surface area contributed by atoms with E-state index in [1.54, 1.807) is 12.1 Å². The lowest BCUT2D eigenvalue weighted by molar-refractivity contribution is -0.110. The van der Waals surface area contributed by atoms with Crippen LogP contribution < -0.4 is 10.1 Å². The molecule has 0 bridgehead atoms. The molecule has 0 saturated carbocycles. The van der Waals surface area contributed by atoms with Crippen LogP contribution in [0.4, 0.5) is 14.5 Å². The third-order valence-corrected chi connectivity index (χ3v) is 3.22. The second-order valence-corrected chi connectivity index (χ2v) is 5.40. The van der Waals surface area contributed by atoms with Crippen molar-refractivity contribution in [1.82, 2.24) is 0 Å². The number of hydrogen-bond donors (Lipinski definition) is 1. The first-order valence-corrected chi connectivity index (χ1v) is 7.63. The first-order chi connectivity index (χ1) is 11.5. The van der Waals surface area contributed by atoms with Gasteiger partial charge in [-0.2, -0.15) is 0 Å². The van der Waals surface area contributed by atoms with Crippen molar-refractivity contribution in [2.24, 2.45) is 5.16 Å². The van der Waals surface area contributed by atoms with Crippen LogP contribution in [0.2, 0.25) is 0 Å². The molecule has 0 radical (unpaired) electrons. The third-order valence-electron chi connectivity index (χ3n) is 2.69. The predicted octanol–water partition coefficient (Wildman–Crippen LogP) is 3.75. The number of ether oxygens (including phenoxy) is 1. The van der Waals surface area contributed by atoms with E-state index in [9.17, 15) is 13.6 Å². The van der Waals surface area contributed by atoms with E-state index in [0.29, 0.717) is 11.8 Å². The summed E-state index contributed by atoms with van der Waals surface area (Å²) in [5, 5.41) is 5.65. The Morgan fingerprint density at radius 3 is 2.62 bits per heavy atom. The number of halogens is 3. The van der Waals surface area contributed by atoms with Crippen LogP contribution in [0.5, 0.6) is 5.75 Å². The molecule has 126 valence electrons. The summed E-state index contributed by atoms with van der Waals surface area (Å²) in [4.78, 5) is 16.4. The average molecular weight is 399 g/mol. The summed E-state index contributed by atoms with van der Waals surface area (Å²) in [7, 11) is 0. The van der Waals surface area contributed by atoms with E-state index in [2.05, 4.69) is 26.4 Å². The van der Waals surface area contributed by atoms with E-state index in [0.717, 1.165) is 22.8 Å². The lowest BCUT2D eigenvalue weighted by atomic mass is 10.3. The van der Waals surface area contributed by atoms with Gasteiger partial charge in [-0.1, -0.05) is 21.1 Å². The molecule has 0 aliphatic heterocycles. The van der Waals surface area contributed by atoms with Gasteiger partial charge >= 0.3 is 0 Å². The number of nitrogens with zero attached hydrogens (tertiary/aromatic N) is 1. The smallest absolute Gasteiger partial charge is 0.270 e. The molecule has 0 saturated heterocycles. The van der Waals surface area contributed by atoms with Crippen molar-refractivity contribution in [3.8, 4) is 5.75 Å². The summed E-state index contributed by atoms with van der Waals surface area (Å²) >= 11 is 3.31. The highest BCUT2D eigenvalue weighted by Gasteiger charge is 2.06. The minimum absolute atomic E-state index is 0.130. The van der Waals surface area contributed by atoms with Gasteiger partial charge in [0.25, 0.3) is 5.91 Å². The Hall–Kier alpha value is -2.48. The molecule has 0 fully saturated rings. The Bertz CT molecular complexity index is 724. The molecule has 0 aliphatic carbocycles. The summed E-state index contributed by atoms with van der Waals surface area (Å²) in [6.07, 6.45) is 0.850. The monoisotopic (exact) mass is 398 g/mol. The molecule has 24 heavy (non-hydrogen) atoms. The summed E-state index contributed by atoms with van der Waals surface area (Å²) in [5.41, 5.74) is -0.147. The molecular weight excluding hydrogens is 386 g/mol. The number of hydrogen-bond acceptors (Lipinski definition) is 4. The number of nitrogens with one attached hydrogen (secondary N) is 1. The molecular formula is C16H13BrF2N2O3. The molecule has 5 nitrogen and oxygen atoms in total. The maximum Gasteiger partial charge on any atom is 0.270 e. The van der Waals surface area contributed by atoms with Gasteiger partial charge in [0, 0.05) is 10.5 Å². The normalized spacial score (nSPS) is 10.6. The van der Waals surface area contributed by atoms with E-state index in [-0.39, 0.29) is 18.9 Å². The van der Waals surface area contributed by atoms with Crippen molar-refractivity contribution in [2.45, 2.75) is 0 Å². The van der Waals surface area contributed by atoms with E-state index < -0.39 is 17.5 Å². The molecule has 2 aromatic carbocycles. The fourth-order valence-electron chi connectivity index (χ4n) is 1.62. The van der Waals surface area contributed by atoms with Gasteiger partial charge in [0.2, 0.25) is 0 Å². The number of carbonyl (C=O) groups excluding carboxylic acids is 1. The number of rotatable bonds is 7. The lowest BCUT2D eigenvalue weighted by Crippen LogP contribution is -2.14. The molecule has 0 spiro atoms. The number of carbonyl (C=O) groups is 1. The minimum Gasteiger partial charge on any atom is -0.490 e. The fraction of sp³-hybridized carbons (Fsp3) is 0.125. The van der Waals surface area contributed by atoms with Crippen LogP contribution >= 0.6 is 15.9 Å². The standard InChI is InChI=1S/C16H13BrF2N2O3/c17-11-1-4-13(5-2-11)23-7-8-24-20-10-16(22)21-15-6-3-12(18)9-14(15)19/h1-6,9-10H,7-8H2,(H,21,22)/b20-10+. The highest BCUT2D eigenvalue weighted by molar-refractivity contribution is 9.10. The van der Waals surface area contributed by atoms with E-state index in [1.165, 1.54) is 0 Å². The zero-order valence-electron chi connectivity index (χ0n) is 12.3. The highest BCUT2D eigenvalue weighted by Crippen LogP contribution is 2.16. The molecule has 2 aromatic rings. The van der Waals surface area contributed by atoms with Gasteiger partial charge in [-0.15, -0.1) is 0 Å². The second kappa shape index (κ2) is 8.97. The molecule has 0 unspecified atom stereocenters. The van der Waals surface area contributed by atoms with Gasteiger partial charge < -0.3 is 14.9 Å². The van der Waals surface area contributed by atoms with Crippen LogP contribution in [0.15, 0.2) is 52.1 Å². The molecule has 0 aliphatic rings. The third kappa shape index (κ3) is 5.96. The van der Waals surface area contributed by atoms with Crippen molar-refractivity contribution in [3.05, 3.63) is 58.6 Å². The Kier molecular flexibility index (Phi) is 6.68. The van der Waals surface area contributed by atoms with E-state index in [4.69, 9.17) is 9.57 Å². The van der Waals surface area contributed by atoms with Crippen LogP contribution in [-0.4, -0.2) is 25.3 Å². The van der Waals surface area contributed by atoms with E-state index in [1.807, 2.05) is 12.1 Å². The van der Waals surface area contributed by atoms with Gasteiger partial charge in [0.15, 0.2) is 6.61 Å². The molecule has 0 atom stereocenters. The van der Waals surface area contributed by atoms with Gasteiger partial charge in [-0.25, -0.2) is 8.78 Å². The van der Waals surface area contributed by atoms with Crippen molar-refractivity contribution in [2.75, 3.05) is 18.5 Å². The quantitative estimate of drug-likeness (QED) is 0.438. The first kappa shape index (κ1) is 17.9. The van der Waals surface area contributed by atoms with E-state index >= 15 is 0 Å². The molecule has 2 rings (SSSR count). The second-order valence-electron chi connectivity index (χ2n) is 4.48. The van der Waals surface area contributed by atoms with Gasteiger partial charge in [-0.3, -0.25) is 4.79 Å². The maximum atomic E-state index is 13.3. The number of anilines is 1. The highest BCUT2D eigenvalue weighted by atomic mass is 79.9. The fourth-order valence-corrected chi connectivity index (χ4v) is 1.89. The molecule has 0 aromatic heterocycles. The zero-order chi connectivity index (χ0) is 17.4. The SMILES string of the molecule is O=C(/C=N/OCCOc1ccc(Br)cc1)Nc1ccc(F)cc1F. The predicted molar refractivity (Wildman–Crippen MR) is 89.1 cm³/mol. The van der Waals surface area contributed by atoms with Crippen molar-refractivity contribution >= 4 is 33.7 Å². The molecule has 1 amide bonds. The summed E-state index contributed by atoms with van der Waals surface area (Å²) in [6, 6.07) is 10.1. The Morgan fingerprint density at radius 2 is 1.92 bits per heavy atom. The topological polar surface area (TPSA) is 59.9 Å². The average Bonchev–Trinajstić information content (AvgIpc) is 2.55. The van der Waals surface area contributed by atoms with Crippen molar-refractivity contribution < 1.29 is 23.1 Å². The lowest BCUT2D eigenvalue weighted by Gasteiger charge is -2.05. The summed E-state index contributed by atoms with van der Waals surface area (Å²) < 4.78 is 32.4. The van der Waals surface area contributed by atoms with Crippen LogP contribution in [0.3, 0.4) is 0 Å². The largest absolute Gasteiger partial charge is 0.490 e. The summed E-state index contributed by atoms with van der Waals surface area (Å²) in [6.45, 7) is 0.373. The van der Waals surface area contributed by atoms with Crippen molar-refractivity contribution in [1.29, 1.82) is 0 Å². The minimum atomic E-state index is -0.874. The van der Waals surface area contributed by atoms with Gasteiger partial charge in [0.05, 0.1) is 5.69 Å². The number of oxime groups is 1. The van der Waals surface area contributed by atoms with Crippen LogP contribution in [0, 0.1) is 11.6 Å². The van der Waals surface area contributed by atoms with Crippen LogP contribution in [-0.2, 0) is 9.63 Å². The maximum absolute atomic E-state index is 13.3.